The van der Waals surface area contributed by atoms with Crippen molar-refractivity contribution >= 4 is 23.2 Å². The lowest BCUT2D eigenvalue weighted by Crippen LogP contribution is -2.34. The molecule has 0 radical (unpaired) electrons. The average Bonchev–Trinajstić information content (AvgIpc) is 2.01. The second-order valence-electron chi connectivity index (χ2n) is 3.48. The SMILES string of the molecule is OC1(c2c(Cl)cccc2Cl)CCC1. The van der Waals surface area contributed by atoms with E-state index in [1.165, 1.54) is 0 Å². The van der Waals surface area contributed by atoms with Gasteiger partial charge in [0.1, 0.15) is 0 Å². The molecule has 0 heterocycles. The van der Waals surface area contributed by atoms with Crippen LogP contribution in [0.1, 0.15) is 24.8 Å². The van der Waals surface area contributed by atoms with E-state index in [1.807, 2.05) is 0 Å². The number of halogens is 2. The van der Waals surface area contributed by atoms with Crippen molar-refractivity contribution in [3.8, 4) is 0 Å². The molecule has 2 rings (SSSR count). The van der Waals surface area contributed by atoms with Crippen LogP contribution in [-0.4, -0.2) is 5.11 Å². The molecule has 3 heteroatoms. The topological polar surface area (TPSA) is 20.2 Å². The van der Waals surface area contributed by atoms with E-state index < -0.39 is 5.60 Å². The lowest BCUT2D eigenvalue weighted by atomic mass is 9.75. The fraction of sp³-hybridized carbons (Fsp3) is 0.400. The summed E-state index contributed by atoms with van der Waals surface area (Å²) in [6.45, 7) is 0. The molecule has 1 aromatic rings. The zero-order chi connectivity index (χ0) is 9.47. The van der Waals surface area contributed by atoms with E-state index in [4.69, 9.17) is 23.2 Å². The van der Waals surface area contributed by atoms with E-state index in [2.05, 4.69) is 0 Å². The Kier molecular flexibility index (Phi) is 2.26. The van der Waals surface area contributed by atoms with Gasteiger partial charge >= 0.3 is 0 Å². The van der Waals surface area contributed by atoms with Gasteiger partial charge in [0.25, 0.3) is 0 Å². The molecule has 13 heavy (non-hydrogen) atoms. The third kappa shape index (κ3) is 1.45. The van der Waals surface area contributed by atoms with Crippen molar-refractivity contribution in [1.82, 2.24) is 0 Å². The molecule has 1 fully saturated rings. The van der Waals surface area contributed by atoms with Crippen LogP contribution in [0.5, 0.6) is 0 Å². The molecular weight excluding hydrogens is 207 g/mol. The molecule has 70 valence electrons. The molecule has 0 amide bonds. The Morgan fingerprint density at radius 2 is 1.69 bits per heavy atom. The van der Waals surface area contributed by atoms with Gasteiger partial charge in [-0.05, 0) is 31.4 Å². The fourth-order valence-electron chi connectivity index (χ4n) is 1.70. The molecular formula is C10H10Cl2O. The van der Waals surface area contributed by atoms with Crippen LogP contribution < -0.4 is 0 Å². The van der Waals surface area contributed by atoms with E-state index in [0.29, 0.717) is 15.6 Å². The normalized spacial score (nSPS) is 19.6. The molecule has 0 aromatic heterocycles. The van der Waals surface area contributed by atoms with E-state index in [1.54, 1.807) is 18.2 Å². The van der Waals surface area contributed by atoms with Crippen LogP contribution in [0.15, 0.2) is 18.2 Å². The summed E-state index contributed by atoms with van der Waals surface area (Å²) in [5.74, 6) is 0. The van der Waals surface area contributed by atoms with Crippen molar-refractivity contribution in [1.29, 1.82) is 0 Å². The zero-order valence-electron chi connectivity index (χ0n) is 7.06. The molecule has 1 aliphatic carbocycles. The minimum atomic E-state index is -0.768. The van der Waals surface area contributed by atoms with Crippen molar-refractivity contribution in [3.05, 3.63) is 33.8 Å². The minimum Gasteiger partial charge on any atom is -0.385 e. The molecule has 1 aromatic carbocycles. The molecule has 0 saturated heterocycles. The maximum Gasteiger partial charge on any atom is 0.0925 e. The van der Waals surface area contributed by atoms with Gasteiger partial charge in [-0.3, -0.25) is 0 Å². The second kappa shape index (κ2) is 3.16. The summed E-state index contributed by atoms with van der Waals surface area (Å²) in [6, 6.07) is 5.31. The molecule has 0 bridgehead atoms. The number of hydrogen-bond donors (Lipinski definition) is 1. The summed E-state index contributed by atoms with van der Waals surface area (Å²) in [5, 5.41) is 11.2. The Bertz CT molecular complexity index is 311. The zero-order valence-corrected chi connectivity index (χ0v) is 8.57. The van der Waals surface area contributed by atoms with Gasteiger partial charge in [0.15, 0.2) is 0 Å². The summed E-state index contributed by atoms with van der Waals surface area (Å²) >= 11 is 12.0. The van der Waals surface area contributed by atoms with Crippen molar-refractivity contribution < 1.29 is 5.11 Å². The van der Waals surface area contributed by atoms with Gasteiger partial charge in [0.2, 0.25) is 0 Å². The molecule has 0 spiro atoms. The van der Waals surface area contributed by atoms with Crippen LogP contribution in [-0.2, 0) is 5.60 Å². The Balaban J connectivity index is 2.49. The first kappa shape index (κ1) is 9.32. The standard InChI is InChI=1S/C10H10Cl2O/c11-7-3-1-4-8(12)9(7)10(13)5-2-6-10/h1,3-4,13H,2,5-6H2. The van der Waals surface area contributed by atoms with Crippen molar-refractivity contribution in [2.24, 2.45) is 0 Å². The second-order valence-corrected chi connectivity index (χ2v) is 4.30. The minimum absolute atomic E-state index is 0.565. The van der Waals surface area contributed by atoms with Crippen LogP contribution in [0.3, 0.4) is 0 Å². The third-order valence-corrected chi connectivity index (χ3v) is 3.24. The Morgan fingerprint density at radius 3 is 2.08 bits per heavy atom. The first-order valence-electron chi connectivity index (χ1n) is 4.30. The lowest BCUT2D eigenvalue weighted by Gasteiger charge is -2.38. The summed E-state index contributed by atoms with van der Waals surface area (Å²) < 4.78 is 0. The third-order valence-electron chi connectivity index (χ3n) is 2.61. The van der Waals surface area contributed by atoms with Crippen LogP contribution >= 0.6 is 23.2 Å². The fourth-order valence-corrected chi connectivity index (χ4v) is 2.45. The summed E-state index contributed by atoms with van der Waals surface area (Å²) in [5.41, 5.74) is -0.0697. The largest absolute Gasteiger partial charge is 0.385 e. The maximum atomic E-state index is 10.1. The van der Waals surface area contributed by atoms with Crippen LogP contribution in [0, 0.1) is 0 Å². The molecule has 1 nitrogen and oxygen atoms in total. The van der Waals surface area contributed by atoms with Crippen LogP contribution in [0.25, 0.3) is 0 Å². The summed E-state index contributed by atoms with van der Waals surface area (Å²) in [7, 11) is 0. The van der Waals surface area contributed by atoms with Gasteiger partial charge in [0, 0.05) is 15.6 Å². The van der Waals surface area contributed by atoms with Gasteiger partial charge in [-0.15, -0.1) is 0 Å². The Hall–Kier alpha value is -0.240. The first-order valence-corrected chi connectivity index (χ1v) is 5.06. The van der Waals surface area contributed by atoms with Gasteiger partial charge < -0.3 is 5.11 Å². The van der Waals surface area contributed by atoms with E-state index in [-0.39, 0.29) is 0 Å². The summed E-state index contributed by atoms with van der Waals surface area (Å²) in [4.78, 5) is 0. The van der Waals surface area contributed by atoms with Crippen LogP contribution in [0.4, 0.5) is 0 Å². The van der Waals surface area contributed by atoms with E-state index in [9.17, 15) is 5.11 Å². The van der Waals surface area contributed by atoms with Crippen LogP contribution in [0.2, 0.25) is 10.0 Å². The highest BCUT2D eigenvalue weighted by atomic mass is 35.5. The van der Waals surface area contributed by atoms with Gasteiger partial charge in [-0.25, -0.2) is 0 Å². The quantitative estimate of drug-likeness (QED) is 0.764. The van der Waals surface area contributed by atoms with Crippen molar-refractivity contribution in [2.75, 3.05) is 0 Å². The first-order chi connectivity index (χ1) is 6.13. The monoisotopic (exact) mass is 216 g/mol. The van der Waals surface area contributed by atoms with E-state index in [0.717, 1.165) is 19.3 Å². The smallest absolute Gasteiger partial charge is 0.0925 e. The molecule has 0 unspecified atom stereocenters. The summed E-state index contributed by atoms with van der Waals surface area (Å²) in [6.07, 6.45) is 2.56. The van der Waals surface area contributed by atoms with Gasteiger partial charge in [0.05, 0.1) is 5.60 Å². The van der Waals surface area contributed by atoms with Crippen molar-refractivity contribution in [3.63, 3.8) is 0 Å². The lowest BCUT2D eigenvalue weighted by molar-refractivity contribution is -0.0385. The molecule has 0 aliphatic heterocycles. The average molecular weight is 217 g/mol. The van der Waals surface area contributed by atoms with E-state index >= 15 is 0 Å². The number of hydrogen-bond acceptors (Lipinski definition) is 1. The molecule has 1 N–H and O–H groups in total. The predicted octanol–water partition coefficient (Wildman–Crippen LogP) is 3.36. The number of rotatable bonds is 1. The Labute approximate surface area is 87.3 Å². The molecule has 0 atom stereocenters. The van der Waals surface area contributed by atoms with Crippen molar-refractivity contribution in [2.45, 2.75) is 24.9 Å². The maximum absolute atomic E-state index is 10.1. The molecule has 1 saturated carbocycles. The number of benzene rings is 1. The van der Waals surface area contributed by atoms with Gasteiger partial charge in [-0.1, -0.05) is 29.3 Å². The predicted molar refractivity (Wildman–Crippen MR) is 54.2 cm³/mol. The highest BCUT2D eigenvalue weighted by molar-refractivity contribution is 6.36. The van der Waals surface area contributed by atoms with Gasteiger partial charge in [-0.2, -0.15) is 0 Å². The Morgan fingerprint density at radius 1 is 1.15 bits per heavy atom. The highest BCUT2D eigenvalue weighted by Gasteiger charge is 2.39. The highest BCUT2D eigenvalue weighted by Crippen LogP contribution is 2.46. The molecule has 1 aliphatic rings. The number of aliphatic hydroxyl groups is 1.